The van der Waals surface area contributed by atoms with Gasteiger partial charge in [0.25, 0.3) is 0 Å². The number of carboxylic acid groups (broad SMARTS) is 1. The third-order valence-corrected chi connectivity index (χ3v) is 3.21. The van der Waals surface area contributed by atoms with E-state index in [1.54, 1.807) is 30.3 Å². The Morgan fingerprint density at radius 1 is 0.952 bits per heavy atom. The Balaban J connectivity index is 2.48. The highest BCUT2D eigenvalue weighted by molar-refractivity contribution is 5.86. The molecular formula is C17H14F2O2. The summed E-state index contributed by atoms with van der Waals surface area (Å²) in [5.41, 5.74) is 1.65. The maximum absolute atomic E-state index is 13.0. The lowest BCUT2D eigenvalue weighted by atomic mass is 9.89. The molecule has 4 heteroatoms. The quantitative estimate of drug-likeness (QED) is 0.859. The molecule has 0 fully saturated rings. The van der Waals surface area contributed by atoms with Crippen molar-refractivity contribution in [3.8, 4) is 0 Å². The van der Waals surface area contributed by atoms with Crippen LogP contribution in [0.25, 0.3) is 0 Å². The number of carbonyl (C=O) groups is 1. The number of halogens is 2. The zero-order valence-electron chi connectivity index (χ0n) is 11.4. The van der Waals surface area contributed by atoms with Gasteiger partial charge in [0.2, 0.25) is 0 Å². The molecule has 0 heterocycles. The summed E-state index contributed by atoms with van der Waals surface area (Å²) in [7, 11) is 0. The van der Waals surface area contributed by atoms with Crippen molar-refractivity contribution >= 4 is 5.97 Å². The Hall–Kier alpha value is -2.49. The number of hydrogen-bond donors (Lipinski definition) is 1. The summed E-state index contributed by atoms with van der Waals surface area (Å²) in [6.45, 7) is 1.49. The molecule has 0 saturated heterocycles. The predicted molar refractivity (Wildman–Crippen MR) is 76.0 cm³/mol. The largest absolute Gasteiger partial charge is 0.478 e. The van der Waals surface area contributed by atoms with Crippen molar-refractivity contribution in [1.29, 1.82) is 0 Å². The van der Waals surface area contributed by atoms with Gasteiger partial charge in [-0.3, -0.25) is 0 Å². The molecule has 0 amide bonds. The molecule has 2 nitrogen and oxygen atoms in total. The molecule has 0 spiro atoms. The second kappa shape index (κ2) is 6.31. The lowest BCUT2D eigenvalue weighted by Crippen LogP contribution is -2.03. The Morgan fingerprint density at radius 3 is 1.67 bits per heavy atom. The lowest BCUT2D eigenvalue weighted by Gasteiger charge is -2.15. The van der Waals surface area contributed by atoms with Crippen LogP contribution >= 0.6 is 0 Å². The molecule has 2 aromatic carbocycles. The van der Waals surface area contributed by atoms with E-state index in [9.17, 15) is 13.6 Å². The van der Waals surface area contributed by atoms with Crippen molar-refractivity contribution in [2.75, 3.05) is 0 Å². The highest BCUT2D eigenvalue weighted by Gasteiger charge is 2.14. The molecule has 0 atom stereocenters. The van der Waals surface area contributed by atoms with Crippen molar-refractivity contribution in [2.24, 2.45) is 0 Å². The van der Waals surface area contributed by atoms with Crippen LogP contribution in [-0.2, 0) is 4.79 Å². The molecule has 1 N–H and O–H groups in total. The van der Waals surface area contributed by atoms with E-state index in [2.05, 4.69) is 0 Å². The van der Waals surface area contributed by atoms with Crippen molar-refractivity contribution in [2.45, 2.75) is 12.8 Å². The summed E-state index contributed by atoms with van der Waals surface area (Å²) in [6.07, 6.45) is 1.57. The molecule has 0 aliphatic carbocycles. The SMILES string of the molecule is C/C(=C\C(c1ccc(F)cc1)c1ccc(F)cc1)C(=O)O. The molecule has 0 unspecified atom stereocenters. The first kappa shape index (κ1) is 14.9. The minimum absolute atomic E-state index is 0.175. The van der Waals surface area contributed by atoms with Gasteiger partial charge in [0.1, 0.15) is 11.6 Å². The smallest absolute Gasteiger partial charge is 0.330 e. The Labute approximate surface area is 121 Å². The van der Waals surface area contributed by atoms with E-state index in [1.165, 1.54) is 31.2 Å². The Kier molecular flexibility index (Phi) is 4.48. The molecule has 0 bridgehead atoms. The van der Waals surface area contributed by atoms with E-state index in [-0.39, 0.29) is 23.1 Å². The number of aliphatic carboxylic acids is 1. The van der Waals surface area contributed by atoms with E-state index in [0.29, 0.717) is 0 Å². The minimum atomic E-state index is -1.02. The highest BCUT2D eigenvalue weighted by atomic mass is 19.1. The number of carboxylic acids is 1. The monoisotopic (exact) mass is 288 g/mol. The first-order chi connectivity index (χ1) is 9.97. The van der Waals surface area contributed by atoms with Gasteiger partial charge in [-0.15, -0.1) is 0 Å². The van der Waals surface area contributed by atoms with Gasteiger partial charge in [-0.1, -0.05) is 30.3 Å². The van der Waals surface area contributed by atoms with Gasteiger partial charge in [0.15, 0.2) is 0 Å². The van der Waals surface area contributed by atoms with Crippen LogP contribution in [-0.4, -0.2) is 11.1 Å². The molecule has 0 radical (unpaired) electrons. The van der Waals surface area contributed by atoms with Gasteiger partial charge in [0.05, 0.1) is 0 Å². The van der Waals surface area contributed by atoms with Crippen LogP contribution in [0, 0.1) is 11.6 Å². The summed E-state index contributed by atoms with van der Waals surface area (Å²) < 4.78 is 26.1. The third-order valence-electron chi connectivity index (χ3n) is 3.21. The maximum Gasteiger partial charge on any atom is 0.330 e. The van der Waals surface area contributed by atoms with Gasteiger partial charge in [-0.2, -0.15) is 0 Å². The molecule has 0 saturated carbocycles. The number of rotatable bonds is 4. The van der Waals surface area contributed by atoms with E-state index in [4.69, 9.17) is 5.11 Å². The minimum Gasteiger partial charge on any atom is -0.478 e. The molecule has 108 valence electrons. The normalized spacial score (nSPS) is 11.7. The maximum atomic E-state index is 13.0. The average molecular weight is 288 g/mol. The second-order valence-electron chi connectivity index (χ2n) is 4.74. The molecule has 0 aliphatic heterocycles. The van der Waals surface area contributed by atoms with Crippen LogP contribution in [0.4, 0.5) is 8.78 Å². The summed E-state index contributed by atoms with van der Waals surface area (Å²) in [5.74, 6) is -2.13. The lowest BCUT2D eigenvalue weighted by molar-refractivity contribution is -0.132. The van der Waals surface area contributed by atoms with Crippen molar-refractivity contribution in [3.63, 3.8) is 0 Å². The standard InChI is InChI=1S/C17H14F2O2/c1-11(17(20)21)10-16(12-2-6-14(18)7-3-12)13-4-8-15(19)9-5-13/h2-10,16H,1H3,(H,20,21)/b11-10+. The van der Waals surface area contributed by atoms with Gasteiger partial charge in [-0.05, 0) is 42.3 Å². The van der Waals surface area contributed by atoms with Gasteiger partial charge < -0.3 is 5.11 Å². The van der Waals surface area contributed by atoms with Gasteiger partial charge in [-0.25, -0.2) is 13.6 Å². The van der Waals surface area contributed by atoms with Crippen LogP contribution in [0.5, 0.6) is 0 Å². The Bertz CT molecular complexity index is 613. The first-order valence-corrected chi connectivity index (χ1v) is 6.40. The van der Waals surface area contributed by atoms with Crippen LogP contribution in [0.2, 0.25) is 0 Å². The fraction of sp³-hybridized carbons (Fsp3) is 0.118. The van der Waals surface area contributed by atoms with Crippen LogP contribution < -0.4 is 0 Å². The molecular weight excluding hydrogens is 274 g/mol. The highest BCUT2D eigenvalue weighted by Crippen LogP contribution is 2.27. The van der Waals surface area contributed by atoms with E-state index >= 15 is 0 Å². The van der Waals surface area contributed by atoms with Crippen molar-refractivity contribution < 1.29 is 18.7 Å². The fourth-order valence-electron chi connectivity index (χ4n) is 2.05. The molecule has 0 aromatic heterocycles. The van der Waals surface area contributed by atoms with Crippen LogP contribution in [0.3, 0.4) is 0 Å². The van der Waals surface area contributed by atoms with E-state index < -0.39 is 5.97 Å². The van der Waals surface area contributed by atoms with Crippen LogP contribution in [0.1, 0.15) is 24.0 Å². The number of allylic oxidation sites excluding steroid dienone is 1. The molecule has 21 heavy (non-hydrogen) atoms. The zero-order valence-corrected chi connectivity index (χ0v) is 11.4. The van der Waals surface area contributed by atoms with Gasteiger partial charge in [0, 0.05) is 11.5 Å². The average Bonchev–Trinajstić information content (AvgIpc) is 2.46. The summed E-state index contributed by atoms with van der Waals surface area (Å²) >= 11 is 0. The summed E-state index contributed by atoms with van der Waals surface area (Å²) in [5, 5.41) is 9.02. The summed E-state index contributed by atoms with van der Waals surface area (Å²) in [6, 6.07) is 11.6. The van der Waals surface area contributed by atoms with Crippen molar-refractivity contribution in [3.05, 3.63) is 82.9 Å². The zero-order chi connectivity index (χ0) is 15.4. The summed E-state index contributed by atoms with van der Waals surface area (Å²) in [4.78, 5) is 11.0. The predicted octanol–water partition coefficient (Wildman–Crippen LogP) is 4.13. The number of benzene rings is 2. The fourth-order valence-corrected chi connectivity index (χ4v) is 2.05. The van der Waals surface area contributed by atoms with Crippen molar-refractivity contribution in [1.82, 2.24) is 0 Å². The third kappa shape index (κ3) is 3.75. The number of hydrogen-bond acceptors (Lipinski definition) is 1. The van der Waals surface area contributed by atoms with Gasteiger partial charge >= 0.3 is 5.97 Å². The van der Waals surface area contributed by atoms with E-state index in [1.807, 2.05) is 0 Å². The molecule has 2 rings (SSSR count). The first-order valence-electron chi connectivity index (χ1n) is 6.40. The molecule has 0 aliphatic rings. The van der Waals surface area contributed by atoms with E-state index in [0.717, 1.165) is 11.1 Å². The topological polar surface area (TPSA) is 37.3 Å². The van der Waals surface area contributed by atoms with Crippen LogP contribution in [0.15, 0.2) is 60.2 Å². The Morgan fingerprint density at radius 2 is 1.33 bits per heavy atom. The second-order valence-corrected chi connectivity index (χ2v) is 4.74. The molecule has 2 aromatic rings.